The van der Waals surface area contributed by atoms with E-state index < -0.39 is 29.0 Å². The summed E-state index contributed by atoms with van der Waals surface area (Å²) in [5, 5.41) is 0. The summed E-state index contributed by atoms with van der Waals surface area (Å²) in [7, 11) is 0. The predicted molar refractivity (Wildman–Crippen MR) is 51.2 cm³/mol. The Morgan fingerprint density at radius 3 is 2.06 bits per heavy atom. The van der Waals surface area contributed by atoms with Crippen LogP contribution >= 0.6 is 0 Å². The van der Waals surface area contributed by atoms with Crippen molar-refractivity contribution in [2.24, 2.45) is 5.92 Å². The van der Waals surface area contributed by atoms with Crippen LogP contribution in [0.5, 0.6) is 5.75 Å². The van der Waals surface area contributed by atoms with Crippen LogP contribution in [0.15, 0.2) is 6.07 Å². The van der Waals surface area contributed by atoms with Crippen LogP contribution in [-0.4, -0.2) is 6.61 Å². The fraction of sp³-hybridized carbons (Fsp3) is 0.455. The van der Waals surface area contributed by atoms with Crippen molar-refractivity contribution in [1.82, 2.24) is 0 Å². The first-order valence-electron chi connectivity index (χ1n) is 4.93. The molecule has 1 rings (SSSR count). The molecule has 1 nitrogen and oxygen atoms in total. The maximum absolute atomic E-state index is 13.1. The van der Waals surface area contributed by atoms with Crippen LogP contribution in [0.4, 0.5) is 17.6 Å². The van der Waals surface area contributed by atoms with Gasteiger partial charge in [0.2, 0.25) is 11.6 Å². The lowest BCUT2D eigenvalue weighted by Gasteiger charge is -2.12. The molecule has 0 amide bonds. The fourth-order valence-electron chi connectivity index (χ4n) is 1.02. The molecule has 0 saturated carbocycles. The van der Waals surface area contributed by atoms with Crippen molar-refractivity contribution in [3.63, 3.8) is 0 Å². The highest BCUT2D eigenvalue weighted by Crippen LogP contribution is 2.26. The predicted octanol–water partition coefficient (Wildman–Crippen LogP) is 3.67. The van der Waals surface area contributed by atoms with Gasteiger partial charge in [-0.2, -0.15) is 8.78 Å². The number of ether oxygens (including phenoxy) is 1. The zero-order chi connectivity index (χ0) is 12.3. The molecule has 0 spiro atoms. The molecule has 0 fully saturated rings. The normalized spacial score (nSPS) is 12.6. The zero-order valence-electron chi connectivity index (χ0n) is 8.99. The second-order valence-corrected chi connectivity index (χ2v) is 3.62. The Balaban J connectivity index is 2.94. The molecule has 0 heterocycles. The molecule has 90 valence electrons. The van der Waals surface area contributed by atoms with Crippen LogP contribution in [0.1, 0.15) is 20.3 Å². The van der Waals surface area contributed by atoms with Gasteiger partial charge in [0.25, 0.3) is 0 Å². The Bertz CT molecular complexity index is 352. The van der Waals surface area contributed by atoms with Crippen molar-refractivity contribution in [3.8, 4) is 5.75 Å². The third-order valence-corrected chi connectivity index (χ3v) is 2.28. The highest BCUT2D eigenvalue weighted by Gasteiger charge is 2.20. The van der Waals surface area contributed by atoms with Crippen molar-refractivity contribution in [2.45, 2.75) is 20.3 Å². The molecule has 0 aromatic heterocycles. The van der Waals surface area contributed by atoms with Gasteiger partial charge in [-0.1, -0.05) is 20.3 Å². The first-order chi connectivity index (χ1) is 7.47. The lowest BCUT2D eigenvalue weighted by molar-refractivity contribution is 0.227. The van der Waals surface area contributed by atoms with Gasteiger partial charge in [0.15, 0.2) is 17.4 Å². The van der Waals surface area contributed by atoms with Gasteiger partial charge < -0.3 is 4.74 Å². The van der Waals surface area contributed by atoms with E-state index in [4.69, 9.17) is 4.74 Å². The summed E-state index contributed by atoms with van der Waals surface area (Å²) in [4.78, 5) is 0. The molecule has 0 saturated heterocycles. The Hall–Kier alpha value is -1.26. The summed E-state index contributed by atoms with van der Waals surface area (Å²) in [6.45, 7) is 3.67. The van der Waals surface area contributed by atoms with E-state index in [1.807, 2.05) is 6.92 Å². The summed E-state index contributed by atoms with van der Waals surface area (Å²) in [5.74, 6) is -6.86. The maximum Gasteiger partial charge on any atom is 0.203 e. The summed E-state index contributed by atoms with van der Waals surface area (Å²) >= 11 is 0. The van der Waals surface area contributed by atoms with Crippen molar-refractivity contribution >= 4 is 0 Å². The summed E-state index contributed by atoms with van der Waals surface area (Å²) in [5.41, 5.74) is 0. The molecule has 1 aromatic rings. The molecule has 0 aliphatic rings. The standard InChI is InChI=1S/C11H12F4O/c1-3-6(2)5-16-11-9(14)7(12)4-8(13)10(11)15/h4,6H,3,5H2,1-2H3. The molecule has 0 radical (unpaired) electrons. The molecular formula is C11H12F4O. The zero-order valence-corrected chi connectivity index (χ0v) is 8.99. The monoisotopic (exact) mass is 236 g/mol. The van der Waals surface area contributed by atoms with Crippen molar-refractivity contribution in [1.29, 1.82) is 0 Å². The Morgan fingerprint density at radius 1 is 1.12 bits per heavy atom. The van der Waals surface area contributed by atoms with E-state index >= 15 is 0 Å². The highest BCUT2D eigenvalue weighted by molar-refractivity contribution is 5.28. The second kappa shape index (κ2) is 5.18. The topological polar surface area (TPSA) is 9.23 Å². The first-order valence-corrected chi connectivity index (χ1v) is 4.93. The van der Waals surface area contributed by atoms with E-state index in [-0.39, 0.29) is 18.6 Å². The van der Waals surface area contributed by atoms with E-state index in [9.17, 15) is 17.6 Å². The number of rotatable bonds is 4. The van der Waals surface area contributed by atoms with Crippen molar-refractivity contribution in [3.05, 3.63) is 29.3 Å². The van der Waals surface area contributed by atoms with Crippen LogP contribution < -0.4 is 4.74 Å². The van der Waals surface area contributed by atoms with Gasteiger partial charge in [-0.15, -0.1) is 0 Å². The molecule has 5 heteroatoms. The van der Waals surface area contributed by atoms with E-state index in [0.29, 0.717) is 0 Å². The minimum atomic E-state index is -1.50. The van der Waals surface area contributed by atoms with Crippen LogP contribution in [0.3, 0.4) is 0 Å². The molecule has 1 aromatic carbocycles. The Kier molecular flexibility index (Phi) is 4.15. The summed E-state index contributed by atoms with van der Waals surface area (Å²) in [6.07, 6.45) is 0.737. The fourth-order valence-corrected chi connectivity index (χ4v) is 1.02. The average Bonchev–Trinajstić information content (AvgIpc) is 2.26. The van der Waals surface area contributed by atoms with Gasteiger partial charge in [0.1, 0.15) is 0 Å². The lowest BCUT2D eigenvalue weighted by Crippen LogP contribution is -2.11. The van der Waals surface area contributed by atoms with E-state index in [1.165, 1.54) is 0 Å². The van der Waals surface area contributed by atoms with Crippen molar-refractivity contribution in [2.75, 3.05) is 6.61 Å². The molecule has 0 N–H and O–H groups in total. The van der Waals surface area contributed by atoms with Crippen LogP contribution in [0.2, 0.25) is 0 Å². The molecular weight excluding hydrogens is 224 g/mol. The van der Waals surface area contributed by atoms with Crippen LogP contribution in [0, 0.1) is 29.2 Å². The van der Waals surface area contributed by atoms with Crippen molar-refractivity contribution < 1.29 is 22.3 Å². The smallest absolute Gasteiger partial charge is 0.203 e. The SMILES string of the molecule is CCC(C)COc1c(F)c(F)cc(F)c1F. The molecule has 1 unspecified atom stereocenters. The lowest BCUT2D eigenvalue weighted by atomic mass is 10.1. The molecule has 0 aliphatic carbocycles. The average molecular weight is 236 g/mol. The van der Waals surface area contributed by atoms with E-state index in [2.05, 4.69) is 0 Å². The van der Waals surface area contributed by atoms with E-state index in [1.54, 1.807) is 6.92 Å². The van der Waals surface area contributed by atoms with Gasteiger partial charge in [-0.05, 0) is 5.92 Å². The number of halogens is 4. The second-order valence-electron chi connectivity index (χ2n) is 3.62. The minimum Gasteiger partial charge on any atom is -0.487 e. The maximum atomic E-state index is 13.1. The van der Waals surface area contributed by atoms with Gasteiger partial charge in [-0.25, -0.2) is 8.78 Å². The molecule has 16 heavy (non-hydrogen) atoms. The van der Waals surface area contributed by atoms with Gasteiger partial charge in [0.05, 0.1) is 6.61 Å². The highest BCUT2D eigenvalue weighted by atomic mass is 19.2. The summed E-state index contributed by atoms with van der Waals surface area (Å²) < 4.78 is 56.5. The molecule has 1 atom stereocenters. The quantitative estimate of drug-likeness (QED) is 0.572. The van der Waals surface area contributed by atoms with Crippen LogP contribution in [0.25, 0.3) is 0 Å². The van der Waals surface area contributed by atoms with E-state index in [0.717, 1.165) is 6.42 Å². The molecule has 0 bridgehead atoms. The van der Waals surface area contributed by atoms with Gasteiger partial charge in [-0.3, -0.25) is 0 Å². The minimum absolute atomic E-state index is 0.00718. The van der Waals surface area contributed by atoms with Gasteiger partial charge >= 0.3 is 0 Å². The molecule has 0 aliphatic heterocycles. The number of hydrogen-bond acceptors (Lipinski definition) is 1. The van der Waals surface area contributed by atoms with Gasteiger partial charge in [0, 0.05) is 6.07 Å². The first kappa shape index (κ1) is 12.8. The number of hydrogen-bond donors (Lipinski definition) is 0. The third kappa shape index (κ3) is 2.65. The Morgan fingerprint density at radius 2 is 1.62 bits per heavy atom. The summed E-state index contributed by atoms with van der Waals surface area (Å²) in [6, 6.07) is 0.154. The Labute approximate surface area is 91.0 Å². The largest absolute Gasteiger partial charge is 0.487 e. The number of benzene rings is 1. The van der Waals surface area contributed by atoms with Crippen LogP contribution in [-0.2, 0) is 0 Å². The third-order valence-electron chi connectivity index (χ3n) is 2.28.